The van der Waals surface area contributed by atoms with E-state index in [9.17, 15) is 22.8 Å². The number of piperidine rings is 1. The van der Waals surface area contributed by atoms with Gasteiger partial charge in [0.2, 0.25) is 15.9 Å². The number of halogens is 1. The lowest BCUT2D eigenvalue weighted by atomic mass is 9.59. The summed E-state index contributed by atoms with van der Waals surface area (Å²) in [6.07, 6.45) is 2.19. The normalized spacial score (nSPS) is 28.0. The van der Waals surface area contributed by atoms with Crippen molar-refractivity contribution in [3.05, 3.63) is 41.4 Å². The summed E-state index contributed by atoms with van der Waals surface area (Å²) in [4.78, 5) is 42.4. The van der Waals surface area contributed by atoms with E-state index in [2.05, 4.69) is 15.4 Å². The van der Waals surface area contributed by atoms with Crippen molar-refractivity contribution < 1.29 is 22.8 Å². The fourth-order valence-corrected chi connectivity index (χ4v) is 8.20. The number of hydrogen-bond donors (Lipinski definition) is 3. The number of likely N-dealkylation sites (tertiary alicyclic amines) is 1. The molecule has 2 aromatic rings. The SMILES string of the molecule is CNCC(=O)C1(C(=O)[C@H](C)N2CC[C@H](NS(=O)(=O)c3ccc4cc(Cl)ccc4c3)C2=O)C[C@@H]2CNC[C@@H](C2)C1. The molecule has 5 atom stereocenters. The highest BCUT2D eigenvalue weighted by atomic mass is 35.5. The Morgan fingerprint density at radius 1 is 1.13 bits per heavy atom. The summed E-state index contributed by atoms with van der Waals surface area (Å²) >= 11 is 6.03. The lowest BCUT2D eigenvalue weighted by Crippen LogP contribution is -2.58. The van der Waals surface area contributed by atoms with Crippen molar-refractivity contribution in [3.63, 3.8) is 0 Å². The lowest BCUT2D eigenvalue weighted by molar-refractivity contribution is -0.152. The summed E-state index contributed by atoms with van der Waals surface area (Å²) in [7, 11) is -2.31. The second-order valence-electron chi connectivity index (χ2n) is 11.3. The standard InChI is InChI=1S/C28H35ClN4O5S/c1-17(26(35)28(25(34)16-30-2)12-18-9-19(13-28)15-31-14-18)33-8-7-24(27(33)36)32-39(37,38)23-6-4-20-10-22(29)5-3-21(20)11-23/h3-6,10-11,17-19,24,30-32H,7-9,12-16H2,1-2H3/t17-,18-,19+,24-,28?/m0/s1. The van der Waals surface area contributed by atoms with Gasteiger partial charge in [0.05, 0.1) is 22.9 Å². The molecule has 2 saturated heterocycles. The molecule has 1 aliphatic carbocycles. The first-order valence-electron chi connectivity index (χ1n) is 13.5. The largest absolute Gasteiger partial charge is 0.331 e. The van der Waals surface area contributed by atoms with Crippen molar-refractivity contribution in [2.24, 2.45) is 17.3 Å². The van der Waals surface area contributed by atoms with Gasteiger partial charge in [0.15, 0.2) is 11.6 Å². The van der Waals surface area contributed by atoms with Gasteiger partial charge in [0.1, 0.15) is 6.04 Å². The van der Waals surface area contributed by atoms with Crippen molar-refractivity contribution in [3.8, 4) is 0 Å². The van der Waals surface area contributed by atoms with E-state index in [1.54, 1.807) is 44.3 Å². The Labute approximate surface area is 234 Å². The average molecular weight is 575 g/mol. The van der Waals surface area contributed by atoms with E-state index < -0.39 is 33.4 Å². The average Bonchev–Trinajstić information content (AvgIpc) is 3.26. The molecule has 0 aromatic heterocycles. The number of fused-ring (bicyclic) bond motifs is 3. The molecule has 0 radical (unpaired) electrons. The van der Waals surface area contributed by atoms with Gasteiger partial charge in [-0.1, -0.05) is 23.7 Å². The predicted octanol–water partition coefficient (Wildman–Crippen LogP) is 2.12. The van der Waals surface area contributed by atoms with E-state index in [1.807, 2.05) is 0 Å². The number of nitrogens with zero attached hydrogens (tertiary/aromatic N) is 1. The number of Topliss-reactive ketones (excluding diaryl/α,β-unsaturated/α-hetero) is 2. The second kappa shape index (κ2) is 10.9. The lowest BCUT2D eigenvalue weighted by Gasteiger charge is -2.47. The number of carbonyl (C=O) groups is 3. The summed E-state index contributed by atoms with van der Waals surface area (Å²) in [6.45, 7) is 3.56. The van der Waals surface area contributed by atoms with Crippen molar-refractivity contribution in [2.45, 2.75) is 49.6 Å². The van der Waals surface area contributed by atoms with Crippen LogP contribution < -0.4 is 15.4 Å². The van der Waals surface area contributed by atoms with Crippen LogP contribution in [-0.2, 0) is 24.4 Å². The summed E-state index contributed by atoms with van der Waals surface area (Å²) in [5.41, 5.74) is -1.13. The van der Waals surface area contributed by atoms with E-state index >= 15 is 0 Å². The number of likely N-dealkylation sites (N-methyl/N-ethyl adjacent to an activating group) is 1. The van der Waals surface area contributed by atoms with Crippen LogP contribution in [0, 0.1) is 17.3 Å². The van der Waals surface area contributed by atoms with Crippen molar-refractivity contribution in [1.29, 1.82) is 0 Å². The smallest absolute Gasteiger partial charge is 0.241 e. The van der Waals surface area contributed by atoms with Crippen LogP contribution in [0.2, 0.25) is 5.02 Å². The van der Waals surface area contributed by atoms with Gasteiger partial charge < -0.3 is 15.5 Å². The Hall–Kier alpha value is -2.37. The summed E-state index contributed by atoms with van der Waals surface area (Å²) in [5, 5.41) is 8.39. The molecule has 2 bridgehead atoms. The van der Waals surface area contributed by atoms with E-state index in [1.165, 1.54) is 11.0 Å². The Kier molecular flexibility index (Phi) is 7.87. The number of carbonyl (C=O) groups excluding carboxylic acids is 3. The van der Waals surface area contributed by atoms with Gasteiger partial charge in [-0.2, -0.15) is 4.72 Å². The van der Waals surface area contributed by atoms with Gasteiger partial charge in [0, 0.05) is 11.6 Å². The summed E-state index contributed by atoms with van der Waals surface area (Å²) in [5.74, 6) is -0.326. The van der Waals surface area contributed by atoms with Crippen LogP contribution in [0.25, 0.3) is 10.8 Å². The maximum Gasteiger partial charge on any atom is 0.241 e. The van der Waals surface area contributed by atoms with Gasteiger partial charge in [-0.25, -0.2) is 8.42 Å². The maximum absolute atomic E-state index is 14.1. The first kappa shape index (κ1) is 28.2. The Balaban J connectivity index is 1.33. The minimum atomic E-state index is -4.00. The highest BCUT2D eigenvalue weighted by Gasteiger charge is 2.54. The zero-order valence-corrected chi connectivity index (χ0v) is 23.8. The molecule has 1 amide bonds. The number of ketones is 2. The first-order valence-corrected chi connectivity index (χ1v) is 15.4. The molecule has 0 spiro atoms. The highest BCUT2D eigenvalue weighted by molar-refractivity contribution is 7.89. The van der Waals surface area contributed by atoms with Crippen LogP contribution in [-0.4, -0.2) is 76.1 Å². The molecule has 1 unspecified atom stereocenters. The third-order valence-corrected chi connectivity index (χ3v) is 10.3. The molecular weight excluding hydrogens is 540 g/mol. The van der Waals surface area contributed by atoms with Gasteiger partial charge in [0.25, 0.3) is 0 Å². The molecule has 2 aromatic carbocycles. The van der Waals surface area contributed by atoms with E-state index in [0.29, 0.717) is 23.3 Å². The zero-order valence-electron chi connectivity index (χ0n) is 22.2. The van der Waals surface area contributed by atoms with Crippen molar-refractivity contribution in [2.75, 3.05) is 33.2 Å². The molecule has 1 saturated carbocycles. The Morgan fingerprint density at radius 2 is 1.79 bits per heavy atom. The second-order valence-corrected chi connectivity index (χ2v) is 13.4. The van der Waals surface area contributed by atoms with Crippen LogP contribution in [0.5, 0.6) is 0 Å². The van der Waals surface area contributed by atoms with Crippen LogP contribution >= 0.6 is 11.6 Å². The first-order chi connectivity index (χ1) is 18.5. The number of sulfonamides is 1. The quantitative estimate of drug-likeness (QED) is 0.392. The molecule has 3 fully saturated rings. The fourth-order valence-electron chi connectivity index (χ4n) is 6.76. The van der Waals surface area contributed by atoms with E-state index in [4.69, 9.17) is 11.6 Å². The number of hydrogen-bond acceptors (Lipinski definition) is 7. The molecule has 2 aliphatic heterocycles. The number of amides is 1. The predicted molar refractivity (Wildman–Crippen MR) is 149 cm³/mol. The molecule has 210 valence electrons. The molecule has 3 aliphatic rings. The Morgan fingerprint density at radius 3 is 2.49 bits per heavy atom. The molecule has 39 heavy (non-hydrogen) atoms. The van der Waals surface area contributed by atoms with Crippen molar-refractivity contribution >= 4 is 49.9 Å². The van der Waals surface area contributed by atoms with E-state index in [-0.39, 0.29) is 47.8 Å². The topological polar surface area (TPSA) is 125 Å². The monoisotopic (exact) mass is 574 g/mol. The Bertz CT molecular complexity index is 1400. The summed E-state index contributed by atoms with van der Waals surface area (Å²) in [6, 6.07) is 8.08. The summed E-state index contributed by atoms with van der Waals surface area (Å²) < 4.78 is 28.9. The highest BCUT2D eigenvalue weighted by Crippen LogP contribution is 2.46. The van der Waals surface area contributed by atoms with Gasteiger partial charge in [-0.3, -0.25) is 14.4 Å². The third-order valence-electron chi connectivity index (χ3n) is 8.62. The molecular formula is C28H35ClN4O5S. The maximum atomic E-state index is 14.1. The van der Waals surface area contributed by atoms with Crippen LogP contribution in [0.4, 0.5) is 0 Å². The minimum Gasteiger partial charge on any atom is -0.331 e. The van der Waals surface area contributed by atoms with Gasteiger partial charge >= 0.3 is 0 Å². The van der Waals surface area contributed by atoms with E-state index in [0.717, 1.165) is 24.9 Å². The zero-order chi connectivity index (χ0) is 27.9. The van der Waals surface area contributed by atoms with Crippen LogP contribution in [0.3, 0.4) is 0 Å². The van der Waals surface area contributed by atoms with Crippen molar-refractivity contribution in [1.82, 2.24) is 20.3 Å². The fraction of sp³-hybridized carbons (Fsp3) is 0.536. The van der Waals surface area contributed by atoms with Gasteiger partial charge in [-0.05, 0) is 99.6 Å². The van der Waals surface area contributed by atoms with Crippen LogP contribution in [0.1, 0.15) is 32.6 Å². The third kappa shape index (κ3) is 5.37. The van der Waals surface area contributed by atoms with Gasteiger partial charge in [-0.15, -0.1) is 0 Å². The number of rotatable bonds is 9. The molecule has 11 heteroatoms. The molecule has 5 rings (SSSR count). The number of nitrogens with one attached hydrogen (secondary N) is 3. The molecule has 9 nitrogen and oxygen atoms in total. The minimum absolute atomic E-state index is 0.0478. The number of benzene rings is 2. The van der Waals surface area contributed by atoms with Crippen LogP contribution in [0.15, 0.2) is 41.3 Å². The molecule has 2 heterocycles. The molecule has 3 N–H and O–H groups in total.